The first-order valence-electron chi connectivity index (χ1n) is 7.42. The van der Waals surface area contributed by atoms with Gasteiger partial charge in [-0.1, -0.05) is 80.2 Å². The van der Waals surface area contributed by atoms with E-state index in [2.05, 4.69) is 53.3 Å². The number of H-pyrrole nitrogens is 1. The van der Waals surface area contributed by atoms with E-state index in [0.717, 1.165) is 22.3 Å². The maximum atomic E-state index is 4.54. The molecular formula is C18H19N3S. The highest BCUT2D eigenvalue weighted by Gasteiger charge is 2.06. The second-order valence-corrected chi connectivity index (χ2v) is 6.46. The zero-order valence-corrected chi connectivity index (χ0v) is 13.6. The van der Waals surface area contributed by atoms with Crippen molar-refractivity contribution in [2.75, 3.05) is 0 Å². The standard InChI is InChI=1S/C18H19N3S/c1-13(2)15-10-8-14(9-11-15)12-22-18-19-17(20-21-18)16-6-4-3-5-7-16/h3-11,13H,12H2,1-2H3,(H,19,20,21). The molecular weight excluding hydrogens is 290 g/mol. The number of nitrogens with one attached hydrogen (secondary N) is 1. The Balaban J connectivity index is 1.63. The minimum Gasteiger partial charge on any atom is -0.258 e. The number of rotatable bonds is 5. The third-order valence-corrected chi connectivity index (χ3v) is 4.44. The van der Waals surface area contributed by atoms with Crippen LogP contribution in [0.1, 0.15) is 30.9 Å². The molecule has 1 N–H and O–H groups in total. The minimum atomic E-state index is 0.572. The molecule has 0 aliphatic carbocycles. The van der Waals surface area contributed by atoms with E-state index in [1.807, 2.05) is 30.3 Å². The van der Waals surface area contributed by atoms with E-state index in [0.29, 0.717) is 5.92 Å². The molecule has 1 heterocycles. The lowest BCUT2D eigenvalue weighted by Gasteiger charge is -2.05. The minimum absolute atomic E-state index is 0.572. The molecule has 1 aromatic heterocycles. The van der Waals surface area contributed by atoms with Gasteiger partial charge in [0.05, 0.1) is 0 Å². The van der Waals surface area contributed by atoms with Crippen molar-refractivity contribution in [1.29, 1.82) is 0 Å². The third kappa shape index (κ3) is 3.57. The van der Waals surface area contributed by atoms with Gasteiger partial charge in [-0.2, -0.15) is 0 Å². The Morgan fingerprint density at radius 1 is 1.00 bits per heavy atom. The molecule has 22 heavy (non-hydrogen) atoms. The average molecular weight is 309 g/mol. The van der Waals surface area contributed by atoms with Gasteiger partial charge >= 0.3 is 0 Å². The van der Waals surface area contributed by atoms with E-state index in [1.165, 1.54) is 11.1 Å². The second-order valence-electron chi connectivity index (χ2n) is 5.52. The van der Waals surface area contributed by atoms with Gasteiger partial charge in [0.25, 0.3) is 0 Å². The fraction of sp³-hybridized carbons (Fsp3) is 0.222. The quantitative estimate of drug-likeness (QED) is 0.682. The zero-order valence-electron chi connectivity index (χ0n) is 12.8. The van der Waals surface area contributed by atoms with E-state index in [4.69, 9.17) is 0 Å². The fourth-order valence-electron chi connectivity index (χ4n) is 2.18. The molecule has 0 saturated heterocycles. The van der Waals surface area contributed by atoms with E-state index < -0.39 is 0 Å². The summed E-state index contributed by atoms with van der Waals surface area (Å²) in [6.07, 6.45) is 0. The van der Waals surface area contributed by atoms with Gasteiger partial charge in [-0.15, -0.1) is 5.10 Å². The van der Waals surface area contributed by atoms with Crippen molar-refractivity contribution in [2.24, 2.45) is 0 Å². The van der Waals surface area contributed by atoms with E-state index in [-0.39, 0.29) is 0 Å². The Labute approximate surface area is 135 Å². The maximum absolute atomic E-state index is 4.54. The summed E-state index contributed by atoms with van der Waals surface area (Å²) in [5.41, 5.74) is 3.72. The van der Waals surface area contributed by atoms with Gasteiger partial charge in [0.2, 0.25) is 5.16 Å². The monoisotopic (exact) mass is 309 g/mol. The van der Waals surface area contributed by atoms with Crippen LogP contribution < -0.4 is 0 Å². The van der Waals surface area contributed by atoms with Crippen LogP contribution in [-0.2, 0) is 5.75 Å². The molecule has 0 bridgehead atoms. The summed E-state index contributed by atoms with van der Waals surface area (Å²) in [5, 5.41) is 8.06. The van der Waals surface area contributed by atoms with Crippen LogP contribution >= 0.6 is 11.8 Å². The highest BCUT2D eigenvalue weighted by Crippen LogP contribution is 2.23. The molecule has 0 atom stereocenters. The molecule has 0 unspecified atom stereocenters. The second kappa shape index (κ2) is 6.79. The topological polar surface area (TPSA) is 41.6 Å². The molecule has 0 aliphatic heterocycles. The van der Waals surface area contributed by atoms with Crippen molar-refractivity contribution in [1.82, 2.24) is 15.2 Å². The van der Waals surface area contributed by atoms with E-state index in [1.54, 1.807) is 11.8 Å². The largest absolute Gasteiger partial charge is 0.258 e. The van der Waals surface area contributed by atoms with Crippen LogP contribution in [0.2, 0.25) is 0 Å². The number of aromatic amines is 1. The van der Waals surface area contributed by atoms with E-state index in [9.17, 15) is 0 Å². The van der Waals surface area contributed by atoms with Gasteiger partial charge < -0.3 is 0 Å². The Morgan fingerprint density at radius 3 is 2.41 bits per heavy atom. The van der Waals surface area contributed by atoms with Crippen molar-refractivity contribution in [3.05, 3.63) is 65.7 Å². The predicted octanol–water partition coefficient (Wildman–Crippen LogP) is 4.89. The Kier molecular flexibility index (Phi) is 4.59. The average Bonchev–Trinajstić information content (AvgIpc) is 3.03. The summed E-state index contributed by atoms with van der Waals surface area (Å²) >= 11 is 1.65. The van der Waals surface area contributed by atoms with Gasteiger partial charge in [-0.3, -0.25) is 5.10 Å². The molecule has 0 aliphatic rings. The Morgan fingerprint density at radius 2 is 1.73 bits per heavy atom. The first-order chi connectivity index (χ1) is 10.7. The lowest BCUT2D eigenvalue weighted by atomic mass is 10.0. The van der Waals surface area contributed by atoms with E-state index >= 15 is 0 Å². The van der Waals surface area contributed by atoms with Crippen molar-refractivity contribution in [3.63, 3.8) is 0 Å². The number of nitrogens with zero attached hydrogens (tertiary/aromatic N) is 2. The first kappa shape index (κ1) is 14.9. The first-order valence-corrected chi connectivity index (χ1v) is 8.40. The molecule has 3 aromatic rings. The summed E-state index contributed by atoms with van der Waals surface area (Å²) in [4.78, 5) is 4.54. The van der Waals surface area contributed by atoms with Crippen LogP contribution in [-0.4, -0.2) is 15.2 Å². The predicted molar refractivity (Wildman–Crippen MR) is 91.9 cm³/mol. The number of hydrogen-bond acceptors (Lipinski definition) is 3. The van der Waals surface area contributed by atoms with Gasteiger partial charge in [0.15, 0.2) is 5.82 Å². The number of aromatic nitrogens is 3. The van der Waals surface area contributed by atoms with Crippen LogP contribution in [0.25, 0.3) is 11.4 Å². The van der Waals surface area contributed by atoms with Crippen LogP contribution in [0.3, 0.4) is 0 Å². The number of benzene rings is 2. The summed E-state index contributed by atoms with van der Waals surface area (Å²) in [6, 6.07) is 18.8. The van der Waals surface area contributed by atoms with Crippen molar-refractivity contribution < 1.29 is 0 Å². The van der Waals surface area contributed by atoms with Crippen molar-refractivity contribution in [2.45, 2.75) is 30.7 Å². The fourth-order valence-corrected chi connectivity index (χ4v) is 2.94. The molecule has 2 aromatic carbocycles. The Hall–Kier alpha value is -2.07. The van der Waals surface area contributed by atoms with Gasteiger partial charge in [-0.05, 0) is 17.0 Å². The van der Waals surface area contributed by atoms with Crippen molar-refractivity contribution >= 4 is 11.8 Å². The lowest BCUT2D eigenvalue weighted by Crippen LogP contribution is -1.88. The van der Waals surface area contributed by atoms with Crippen molar-refractivity contribution in [3.8, 4) is 11.4 Å². The molecule has 3 rings (SSSR count). The highest BCUT2D eigenvalue weighted by atomic mass is 32.2. The van der Waals surface area contributed by atoms with Crippen LogP contribution in [0, 0.1) is 0 Å². The van der Waals surface area contributed by atoms with Gasteiger partial charge in [-0.25, -0.2) is 4.98 Å². The molecule has 0 fully saturated rings. The zero-order chi connectivity index (χ0) is 15.4. The summed E-state index contributed by atoms with van der Waals surface area (Å²) in [5.74, 6) is 2.27. The Bertz CT molecular complexity index is 718. The maximum Gasteiger partial charge on any atom is 0.209 e. The third-order valence-electron chi connectivity index (χ3n) is 3.53. The molecule has 0 amide bonds. The molecule has 4 heteroatoms. The number of thioether (sulfide) groups is 1. The molecule has 0 saturated carbocycles. The van der Waals surface area contributed by atoms with Crippen LogP contribution in [0.15, 0.2) is 59.8 Å². The molecule has 0 spiro atoms. The van der Waals surface area contributed by atoms with Gasteiger partial charge in [0.1, 0.15) is 0 Å². The summed E-state index contributed by atoms with van der Waals surface area (Å²) < 4.78 is 0. The van der Waals surface area contributed by atoms with Gasteiger partial charge in [0, 0.05) is 11.3 Å². The highest BCUT2D eigenvalue weighted by molar-refractivity contribution is 7.98. The molecule has 3 nitrogen and oxygen atoms in total. The lowest BCUT2D eigenvalue weighted by molar-refractivity contribution is 0.866. The smallest absolute Gasteiger partial charge is 0.209 e. The molecule has 0 radical (unpaired) electrons. The summed E-state index contributed by atoms with van der Waals surface area (Å²) in [7, 11) is 0. The van der Waals surface area contributed by atoms with Crippen LogP contribution in [0.5, 0.6) is 0 Å². The summed E-state index contributed by atoms with van der Waals surface area (Å²) in [6.45, 7) is 4.42. The number of hydrogen-bond donors (Lipinski definition) is 1. The molecule has 112 valence electrons. The normalized spacial score (nSPS) is 11.0. The van der Waals surface area contributed by atoms with Crippen LogP contribution in [0.4, 0.5) is 0 Å². The SMILES string of the molecule is CC(C)c1ccc(CSc2n[nH]c(-c3ccccc3)n2)cc1.